The Morgan fingerprint density at radius 1 is 0.861 bits per heavy atom. The summed E-state index contributed by atoms with van der Waals surface area (Å²) in [6, 6.07) is 26.3. The Bertz CT molecular complexity index is 1180. The molecule has 186 valence electrons. The quantitative estimate of drug-likeness (QED) is 0.331. The van der Waals surface area contributed by atoms with Crippen LogP contribution >= 0.6 is 0 Å². The van der Waals surface area contributed by atoms with Crippen LogP contribution in [0.1, 0.15) is 66.9 Å². The van der Waals surface area contributed by atoms with E-state index in [1.807, 2.05) is 66.7 Å². The van der Waals surface area contributed by atoms with Crippen LogP contribution in [0.5, 0.6) is 0 Å². The van der Waals surface area contributed by atoms with E-state index in [9.17, 15) is 9.59 Å². The lowest BCUT2D eigenvalue weighted by Crippen LogP contribution is -2.54. The SMILES string of the molecule is CC(=O)c1ccc(C2(C(CCc3ccccc3)C(=O)NC3CCCCC3)Nc3ccccc3N2)cc1. The molecule has 0 spiro atoms. The fourth-order valence-electron chi connectivity index (χ4n) is 5.69. The maximum Gasteiger partial charge on any atom is 0.228 e. The highest BCUT2D eigenvalue weighted by molar-refractivity contribution is 5.94. The summed E-state index contributed by atoms with van der Waals surface area (Å²) in [5.74, 6) is -0.279. The monoisotopic (exact) mass is 481 g/mol. The fraction of sp³-hybridized carbons (Fsp3) is 0.355. The van der Waals surface area contributed by atoms with E-state index in [1.54, 1.807) is 6.92 Å². The van der Waals surface area contributed by atoms with Gasteiger partial charge in [-0.25, -0.2) is 0 Å². The number of ketones is 1. The molecule has 2 aliphatic rings. The molecule has 1 fully saturated rings. The predicted octanol–water partition coefficient (Wildman–Crippen LogP) is 6.28. The van der Waals surface area contributed by atoms with Gasteiger partial charge in [-0.05, 0) is 55.9 Å². The lowest BCUT2D eigenvalue weighted by atomic mass is 9.80. The van der Waals surface area contributed by atoms with Gasteiger partial charge in [-0.15, -0.1) is 0 Å². The Balaban J connectivity index is 1.53. The van der Waals surface area contributed by atoms with E-state index in [-0.39, 0.29) is 23.7 Å². The van der Waals surface area contributed by atoms with Crippen molar-refractivity contribution in [3.63, 3.8) is 0 Å². The number of anilines is 2. The molecule has 1 unspecified atom stereocenters. The number of para-hydroxylation sites is 2. The minimum Gasteiger partial charge on any atom is -0.357 e. The van der Waals surface area contributed by atoms with Crippen molar-refractivity contribution in [1.29, 1.82) is 0 Å². The van der Waals surface area contributed by atoms with Crippen LogP contribution in [-0.2, 0) is 16.9 Å². The van der Waals surface area contributed by atoms with Gasteiger partial charge in [0.2, 0.25) is 5.91 Å². The van der Waals surface area contributed by atoms with E-state index >= 15 is 0 Å². The van der Waals surface area contributed by atoms with Crippen LogP contribution in [0, 0.1) is 5.92 Å². The van der Waals surface area contributed by atoms with Crippen molar-refractivity contribution in [2.24, 2.45) is 5.92 Å². The molecule has 5 nitrogen and oxygen atoms in total. The lowest BCUT2D eigenvalue weighted by molar-refractivity contribution is -0.127. The van der Waals surface area contributed by atoms with Gasteiger partial charge < -0.3 is 16.0 Å². The number of hydrogen-bond acceptors (Lipinski definition) is 4. The second-order valence-corrected chi connectivity index (χ2v) is 10.2. The van der Waals surface area contributed by atoms with Crippen LogP contribution in [0.25, 0.3) is 0 Å². The molecule has 0 radical (unpaired) electrons. The molecule has 5 rings (SSSR count). The normalized spacial score (nSPS) is 17.4. The number of aryl methyl sites for hydroxylation is 1. The largest absolute Gasteiger partial charge is 0.357 e. The number of carbonyl (C=O) groups excluding carboxylic acids is 2. The van der Waals surface area contributed by atoms with Crippen LogP contribution < -0.4 is 16.0 Å². The number of hydrogen-bond donors (Lipinski definition) is 3. The summed E-state index contributed by atoms with van der Waals surface area (Å²) in [6.07, 6.45) is 7.12. The molecule has 0 aromatic heterocycles. The van der Waals surface area contributed by atoms with Gasteiger partial charge in [0.05, 0.1) is 17.3 Å². The molecule has 1 atom stereocenters. The highest BCUT2D eigenvalue weighted by Crippen LogP contribution is 2.45. The molecule has 1 amide bonds. The first-order chi connectivity index (χ1) is 17.5. The average Bonchev–Trinajstić information content (AvgIpc) is 3.30. The first kappa shape index (κ1) is 24.1. The molecule has 1 saturated carbocycles. The van der Waals surface area contributed by atoms with Gasteiger partial charge in [0.1, 0.15) is 5.66 Å². The summed E-state index contributed by atoms with van der Waals surface area (Å²) >= 11 is 0. The molecule has 0 saturated heterocycles. The zero-order valence-electron chi connectivity index (χ0n) is 20.9. The van der Waals surface area contributed by atoms with Gasteiger partial charge in [-0.3, -0.25) is 9.59 Å². The summed E-state index contributed by atoms with van der Waals surface area (Å²) in [5.41, 5.74) is 3.95. The fourth-order valence-corrected chi connectivity index (χ4v) is 5.69. The third-order valence-electron chi connectivity index (χ3n) is 7.69. The van der Waals surface area contributed by atoms with Crippen molar-refractivity contribution < 1.29 is 9.59 Å². The maximum absolute atomic E-state index is 14.1. The van der Waals surface area contributed by atoms with Crippen LogP contribution in [0.2, 0.25) is 0 Å². The molecule has 0 bridgehead atoms. The summed E-state index contributed by atoms with van der Waals surface area (Å²) in [6.45, 7) is 1.58. The average molecular weight is 482 g/mol. The van der Waals surface area contributed by atoms with Crippen molar-refractivity contribution in [3.8, 4) is 0 Å². The Hall–Kier alpha value is -3.60. The highest BCUT2D eigenvalue weighted by atomic mass is 16.2. The zero-order chi connectivity index (χ0) is 25.0. The zero-order valence-corrected chi connectivity index (χ0v) is 20.9. The van der Waals surface area contributed by atoms with Gasteiger partial charge in [0.25, 0.3) is 0 Å². The number of amides is 1. The van der Waals surface area contributed by atoms with E-state index in [1.165, 1.54) is 24.8 Å². The van der Waals surface area contributed by atoms with Crippen molar-refractivity contribution >= 4 is 23.1 Å². The minimum absolute atomic E-state index is 0.0295. The van der Waals surface area contributed by atoms with E-state index in [0.29, 0.717) is 12.0 Å². The predicted molar refractivity (Wildman–Crippen MR) is 145 cm³/mol. The molecule has 3 aromatic rings. The Labute approximate surface area is 213 Å². The Morgan fingerprint density at radius 3 is 2.08 bits per heavy atom. The number of benzene rings is 3. The molecular formula is C31H35N3O2. The van der Waals surface area contributed by atoms with Crippen molar-refractivity contribution in [2.45, 2.75) is 63.6 Å². The van der Waals surface area contributed by atoms with Gasteiger partial charge in [0.15, 0.2) is 5.78 Å². The molecule has 1 aliphatic carbocycles. The van der Waals surface area contributed by atoms with Gasteiger partial charge in [0, 0.05) is 11.6 Å². The minimum atomic E-state index is -0.827. The van der Waals surface area contributed by atoms with E-state index < -0.39 is 5.66 Å². The van der Waals surface area contributed by atoms with Crippen molar-refractivity contribution in [3.05, 3.63) is 95.6 Å². The molecule has 1 heterocycles. The first-order valence-electron chi connectivity index (χ1n) is 13.2. The molecule has 3 aromatic carbocycles. The van der Waals surface area contributed by atoms with Crippen molar-refractivity contribution in [2.75, 3.05) is 10.6 Å². The van der Waals surface area contributed by atoms with Gasteiger partial charge in [-0.2, -0.15) is 0 Å². The Morgan fingerprint density at radius 2 is 1.47 bits per heavy atom. The summed E-state index contributed by atoms with van der Waals surface area (Å²) < 4.78 is 0. The number of fused-ring (bicyclic) bond motifs is 1. The number of nitrogens with one attached hydrogen (secondary N) is 3. The summed E-state index contributed by atoms with van der Waals surface area (Å²) in [4.78, 5) is 26.0. The smallest absolute Gasteiger partial charge is 0.228 e. The van der Waals surface area contributed by atoms with Gasteiger partial charge >= 0.3 is 0 Å². The van der Waals surface area contributed by atoms with Crippen LogP contribution in [0.15, 0.2) is 78.9 Å². The lowest BCUT2D eigenvalue weighted by Gasteiger charge is -2.39. The maximum atomic E-state index is 14.1. The third kappa shape index (κ3) is 5.01. The standard InChI is InChI=1S/C31H35N3O2/c1-22(35)24-17-19-25(20-18-24)31(33-28-14-8-9-15-29(28)34-31)27(21-16-23-10-4-2-5-11-23)30(36)32-26-12-6-3-7-13-26/h2,4-5,8-11,14-15,17-20,26-27,33-34H,3,6-7,12-13,16,21H2,1H3,(H,32,36). The molecule has 5 heteroatoms. The van der Waals surface area contributed by atoms with Crippen LogP contribution in [0.3, 0.4) is 0 Å². The molecule has 1 aliphatic heterocycles. The van der Waals surface area contributed by atoms with Crippen molar-refractivity contribution in [1.82, 2.24) is 5.32 Å². The molecule has 36 heavy (non-hydrogen) atoms. The Kier molecular flexibility index (Phi) is 7.08. The third-order valence-corrected chi connectivity index (χ3v) is 7.69. The van der Waals surface area contributed by atoms with E-state index in [2.05, 4.69) is 28.1 Å². The topological polar surface area (TPSA) is 70.2 Å². The van der Waals surface area contributed by atoms with E-state index in [0.717, 1.165) is 36.2 Å². The van der Waals surface area contributed by atoms with E-state index in [4.69, 9.17) is 0 Å². The van der Waals surface area contributed by atoms with Crippen LogP contribution in [0.4, 0.5) is 11.4 Å². The summed E-state index contributed by atoms with van der Waals surface area (Å²) in [5, 5.41) is 10.8. The second-order valence-electron chi connectivity index (χ2n) is 10.2. The highest BCUT2D eigenvalue weighted by Gasteiger charge is 2.48. The second kappa shape index (κ2) is 10.6. The molecular weight excluding hydrogens is 446 g/mol. The number of carbonyl (C=O) groups is 2. The van der Waals surface area contributed by atoms with Crippen LogP contribution in [-0.4, -0.2) is 17.7 Å². The first-order valence-corrected chi connectivity index (χ1v) is 13.2. The molecule has 3 N–H and O–H groups in total. The summed E-state index contributed by atoms with van der Waals surface area (Å²) in [7, 11) is 0. The van der Waals surface area contributed by atoms with Gasteiger partial charge in [-0.1, -0.05) is 86.0 Å². The number of Topliss-reactive ketones (excluding diaryl/α,β-unsaturated/α-hetero) is 1. The number of rotatable bonds is 8.